The molecule has 0 spiro atoms. The Balaban J connectivity index is 2.55. The quantitative estimate of drug-likeness (QED) is 0.707. The molecule has 1 aliphatic carbocycles. The van der Waals surface area contributed by atoms with Gasteiger partial charge in [-0.3, -0.25) is 5.32 Å². The zero-order chi connectivity index (χ0) is 11.5. The Morgan fingerprint density at radius 3 is 2.33 bits per heavy atom. The fourth-order valence-corrected chi connectivity index (χ4v) is 1.78. The first-order chi connectivity index (χ1) is 6.93. The Morgan fingerprint density at radius 2 is 2.00 bits per heavy atom. The minimum Gasteiger partial charge on any atom is -0.383 e. The van der Waals surface area contributed by atoms with E-state index in [2.05, 4.69) is 5.32 Å². The average molecular weight is 226 g/mol. The maximum atomic E-state index is 12.1. The van der Waals surface area contributed by atoms with Crippen molar-refractivity contribution in [3.63, 3.8) is 0 Å². The number of ether oxygens (including phenoxy) is 1. The van der Waals surface area contributed by atoms with E-state index >= 15 is 0 Å². The van der Waals surface area contributed by atoms with Crippen LogP contribution in [-0.2, 0) is 4.74 Å². The summed E-state index contributed by atoms with van der Waals surface area (Å²) >= 11 is 0. The second kappa shape index (κ2) is 4.67. The van der Waals surface area contributed by atoms with Crippen LogP contribution in [0.5, 0.6) is 0 Å². The van der Waals surface area contributed by atoms with Crippen LogP contribution in [-0.4, -0.2) is 38.5 Å². The van der Waals surface area contributed by atoms with Gasteiger partial charge in [0.15, 0.2) is 0 Å². The number of halogens is 3. The summed E-state index contributed by atoms with van der Waals surface area (Å²) in [5, 5.41) is 2.51. The molecule has 0 amide bonds. The molecule has 0 aromatic carbocycles. The van der Waals surface area contributed by atoms with Gasteiger partial charge in [0, 0.05) is 13.7 Å². The molecule has 6 heteroatoms. The Bertz CT molecular complexity index is 206. The number of hydrogen-bond donors (Lipinski definition) is 2. The molecule has 1 saturated carbocycles. The van der Waals surface area contributed by atoms with Gasteiger partial charge < -0.3 is 10.5 Å². The van der Waals surface area contributed by atoms with Crippen molar-refractivity contribution in [3.8, 4) is 0 Å². The number of alkyl halides is 3. The third-order valence-corrected chi connectivity index (χ3v) is 2.77. The van der Waals surface area contributed by atoms with Crippen LogP contribution in [0.25, 0.3) is 0 Å². The molecule has 90 valence electrons. The molecule has 3 N–H and O–H groups in total. The van der Waals surface area contributed by atoms with Crippen LogP contribution in [0.1, 0.15) is 12.8 Å². The lowest BCUT2D eigenvalue weighted by Gasteiger charge is -2.33. The third kappa shape index (κ3) is 3.62. The van der Waals surface area contributed by atoms with E-state index < -0.39 is 18.3 Å². The molecule has 1 aliphatic rings. The summed E-state index contributed by atoms with van der Waals surface area (Å²) in [4.78, 5) is 0. The molecule has 0 saturated heterocycles. The predicted octanol–water partition coefficient (Wildman–Crippen LogP) is 0.892. The second-order valence-electron chi connectivity index (χ2n) is 4.04. The number of nitrogens with two attached hydrogens (primary N) is 1. The molecule has 0 bridgehead atoms. The number of methoxy groups -OCH3 is 1. The van der Waals surface area contributed by atoms with Gasteiger partial charge in [-0.2, -0.15) is 13.2 Å². The molecule has 0 radical (unpaired) electrons. The summed E-state index contributed by atoms with van der Waals surface area (Å²) in [7, 11) is 1.47. The lowest BCUT2D eigenvalue weighted by Crippen LogP contribution is -2.58. The van der Waals surface area contributed by atoms with Gasteiger partial charge in [-0.1, -0.05) is 0 Å². The predicted molar refractivity (Wildman–Crippen MR) is 50.4 cm³/mol. The SMILES string of the molecule is COCC(CN)(NCC(F)(F)F)C1CC1. The van der Waals surface area contributed by atoms with Gasteiger partial charge in [0.1, 0.15) is 0 Å². The lowest BCUT2D eigenvalue weighted by molar-refractivity contribution is -0.130. The van der Waals surface area contributed by atoms with E-state index in [1.165, 1.54) is 7.11 Å². The van der Waals surface area contributed by atoms with Gasteiger partial charge in [-0.05, 0) is 18.8 Å². The summed E-state index contributed by atoms with van der Waals surface area (Å²) in [5.74, 6) is 0.213. The zero-order valence-corrected chi connectivity index (χ0v) is 8.73. The molecule has 0 aromatic rings. The minimum atomic E-state index is -4.21. The summed E-state index contributed by atoms with van der Waals surface area (Å²) in [5.41, 5.74) is 4.85. The molecule has 0 aromatic heterocycles. The summed E-state index contributed by atoms with van der Waals surface area (Å²) in [6.07, 6.45) is -2.36. The van der Waals surface area contributed by atoms with Crippen molar-refractivity contribution < 1.29 is 17.9 Å². The standard InChI is InChI=1S/C9H17F3N2O/c1-15-6-8(4-13,7-2-3-7)14-5-9(10,11)12/h7,14H,2-6,13H2,1H3. The normalized spacial score (nSPS) is 21.4. The van der Waals surface area contributed by atoms with E-state index in [0.717, 1.165) is 12.8 Å². The monoisotopic (exact) mass is 226 g/mol. The fourth-order valence-electron chi connectivity index (χ4n) is 1.78. The average Bonchev–Trinajstić information content (AvgIpc) is 2.94. The van der Waals surface area contributed by atoms with E-state index in [4.69, 9.17) is 10.5 Å². The molecule has 0 heterocycles. The number of rotatable bonds is 6. The van der Waals surface area contributed by atoms with Crippen molar-refractivity contribution in [1.29, 1.82) is 0 Å². The van der Waals surface area contributed by atoms with Crippen molar-refractivity contribution >= 4 is 0 Å². The summed E-state index contributed by atoms with van der Waals surface area (Å²) in [6.45, 7) is -0.615. The molecule has 1 atom stereocenters. The molecule has 1 rings (SSSR count). The Morgan fingerprint density at radius 1 is 1.40 bits per heavy atom. The zero-order valence-electron chi connectivity index (χ0n) is 8.73. The number of nitrogens with one attached hydrogen (secondary N) is 1. The third-order valence-electron chi connectivity index (χ3n) is 2.77. The van der Waals surface area contributed by atoms with E-state index in [1.54, 1.807) is 0 Å². The van der Waals surface area contributed by atoms with E-state index in [1.807, 2.05) is 0 Å². The van der Waals surface area contributed by atoms with E-state index in [9.17, 15) is 13.2 Å². The maximum Gasteiger partial charge on any atom is 0.401 e. The van der Waals surface area contributed by atoms with Crippen LogP contribution in [0.3, 0.4) is 0 Å². The first-order valence-electron chi connectivity index (χ1n) is 4.94. The molecule has 3 nitrogen and oxygen atoms in total. The highest BCUT2D eigenvalue weighted by Gasteiger charge is 2.45. The highest BCUT2D eigenvalue weighted by Crippen LogP contribution is 2.39. The van der Waals surface area contributed by atoms with Crippen molar-refractivity contribution in [2.75, 3.05) is 26.8 Å². The van der Waals surface area contributed by atoms with Gasteiger partial charge in [0.25, 0.3) is 0 Å². The van der Waals surface area contributed by atoms with Crippen LogP contribution in [0.15, 0.2) is 0 Å². The summed E-state index contributed by atoms with van der Waals surface area (Å²) in [6, 6.07) is 0. The maximum absolute atomic E-state index is 12.1. The highest BCUT2D eigenvalue weighted by atomic mass is 19.4. The Hall–Kier alpha value is -0.330. The van der Waals surface area contributed by atoms with Gasteiger partial charge in [0.05, 0.1) is 18.7 Å². The van der Waals surface area contributed by atoms with Crippen molar-refractivity contribution in [3.05, 3.63) is 0 Å². The first kappa shape index (κ1) is 12.7. The van der Waals surface area contributed by atoms with Gasteiger partial charge in [0.2, 0.25) is 0 Å². The number of hydrogen-bond acceptors (Lipinski definition) is 3. The van der Waals surface area contributed by atoms with Gasteiger partial charge in [-0.25, -0.2) is 0 Å². The van der Waals surface area contributed by atoms with E-state index in [0.29, 0.717) is 0 Å². The van der Waals surface area contributed by atoms with Crippen LogP contribution in [0.4, 0.5) is 13.2 Å². The van der Waals surface area contributed by atoms with Crippen molar-refractivity contribution in [2.45, 2.75) is 24.6 Å². The lowest BCUT2D eigenvalue weighted by atomic mass is 9.94. The van der Waals surface area contributed by atoms with Crippen molar-refractivity contribution in [1.82, 2.24) is 5.32 Å². The Labute approximate surface area is 87.2 Å². The van der Waals surface area contributed by atoms with Crippen LogP contribution < -0.4 is 11.1 Å². The second-order valence-corrected chi connectivity index (χ2v) is 4.04. The molecular weight excluding hydrogens is 209 g/mol. The Kier molecular flexibility index (Phi) is 3.97. The van der Waals surface area contributed by atoms with Gasteiger partial charge >= 0.3 is 6.18 Å². The molecular formula is C9H17F3N2O. The van der Waals surface area contributed by atoms with Crippen LogP contribution in [0.2, 0.25) is 0 Å². The van der Waals surface area contributed by atoms with Crippen LogP contribution in [0, 0.1) is 5.92 Å². The smallest absolute Gasteiger partial charge is 0.383 e. The highest BCUT2D eigenvalue weighted by molar-refractivity contribution is 5.02. The molecule has 1 unspecified atom stereocenters. The molecule has 0 aliphatic heterocycles. The molecule has 15 heavy (non-hydrogen) atoms. The topological polar surface area (TPSA) is 47.3 Å². The first-order valence-corrected chi connectivity index (χ1v) is 4.94. The summed E-state index contributed by atoms with van der Waals surface area (Å²) < 4.78 is 41.3. The fraction of sp³-hybridized carbons (Fsp3) is 1.00. The largest absolute Gasteiger partial charge is 0.401 e. The van der Waals surface area contributed by atoms with E-state index in [-0.39, 0.29) is 19.1 Å². The van der Waals surface area contributed by atoms with Crippen molar-refractivity contribution in [2.24, 2.45) is 11.7 Å². The minimum absolute atomic E-state index is 0.168. The van der Waals surface area contributed by atoms with Gasteiger partial charge in [-0.15, -0.1) is 0 Å². The molecule has 1 fully saturated rings. The van der Waals surface area contributed by atoms with Crippen LogP contribution >= 0.6 is 0 Å².